The summed E-state index contributed by atoms with van der Waals surface area (Å²) in [4.78, 5) is 12.2. The number of benzene rings is 2. The molecule has 1 atom stereocenters. The first-order chi connectivity index (χ1) is 11.0. The molecule has 1 amide bonds. The fraction of sp³-hybridized carbons (Fsp3) is 0.222. The van der Waals surface area contributed by atoms with E-state index in [4.69, 9.17) is 11.0 Å². The molecule has 0 fully saturated rings. The zero-order valence-corrected chi connectivity index (χ0v) is 13.3. The normalized spacial score (nSPS) is 11.3. The Hall–Kier alpha value is -3.00. The van der Waals surface area contributed by atoms with Gasteiger partial charge in [-0.25, -0.2) is 0 Å². The first kappa shape index (κ1) is 16.4. The summed E-state index contributed by atoms with van der Waals surface area (Å²) in [6.07, 6.45) is 0. The van der Waals surface area contributed by atoms with Crippen molar-refractivity contribution in [1.82, 2.24) is 0 Å². The highest BCUT2D eigenvalue weighted by atomic mass is 16.1. The smallest absolute Gasteiger partial charge is 0.228 e. The minimum atomic E-state index is -0.205. The summed E-state index contributed by atoms with van der Waals surface area (Å²) in [6.45, 7) is 4.27. The molecule has 5 heteroatoms. The van der Waals surface area contributed by atoms with Crippen molar-refractivity contribution in [3.05, 3.63) is 53.6 Å². The van der Waals surface area contributed by atoms with Gasteiger partial charge in [-0.3, -0.25) is 4.79 Å². The summed E-state index contributed by atoms with van der Waals surface area (Å²) in [5.41, 5.74) is 9.65. The lowest BCUT2D eigenvalue weighted by molar-refractivity contribution is -0.119. The van der Waals surface area contributed by atoms with E-state index < -0.39 is 0 Å². The van der Waals surface area contributed by atoms with Gasteiger partial charge in [0.1, 0.15) is 0 Å². The fourth-order valence-corrected chi connectivity index (χ4v) is 2.05. The predicted octanol–water partition coefficient (Wildman–Crippen LogP) is 3.14. The largest absolute Gasteiger partial charge is 0.399 e. The van der Waals surface area contributed by atoms with Crippen LogP contribution in [0.5, 0.6) is 0 Å². The van der Waals surface area contributed by atoms with Crippen molar-refractivity contribution in [3.8, 4) is 6.07 Å². The molecule has 4 N–H and O–H groups in total. The number of aryl methyl sites for hydroxylation is 1. The second-order valence-electron chi connectivity index (χ2n) is 5.53. The number of nitriles is 1. The van der Waals surface area contributed by atoms with Gasteiger partial charge in [0.2, 0.25) is 5.91 Å². The molecule has 2 rings (SSSR count). The van der Waals surface area contributed by atoms with Crippen molar-refractivity contribution < 1.29 is 4.79 Å². The molecule has 0 saturated heterocycles. The van der Waals surface area contributed by atoms with Crippen LogP contribution >= 0.6 is 0 Å². The van der Waals surface area contributed by atoms with Crippen molar-refractivity contribution in [2.45, 2.75) is 13.8 Å². The molecule has 0 aliphatic carbocycles. The molecule has 0 unspecified atom stereocenters. The molecule has 23 heavy (non-hydrogen) atoms. The highest BCUT2D eigenvalue weighted by molar-refractivity contribution is 5.93. The van der Waals surface area contributed by atoms with Gasteiger partial charge in [0.05, 0.1) is 17.6 Å². The number of carbonyl (C=O) groups excluding carboxylic acids is 1. The van der Waals surface area contributed by atoms with E-state index in [-0.39, 0.29) is 11.8 Å². The SMILES string of the molecule is Cc1cc(NC(=O)[C@@H](C)CNc2ccc(C#N)cc2)ccc1N. The lowest BCUT2D eigenvalue weighted by Crippen LogP contribution is -2.26. The van der Waals surface area contributed by atoms with Crippen LogP contribution < -0.4 is 16.4 Å². The Morgan fingerprint density at radius 1 is 1.22 bits per heavy atom. The summed E-state index contributed by atoms with van der Waals surface area (Å²) in [5.74, 6) is -0.265. The van der Waals surface area contributed by atoms with Gasteiger partial charge in [0.15, 0.2) is 0 Å². The number of nitrogens with zero attached hydrogens (tertiary/aromatic N) is 1. The summed E-state index contributed by atoms with van der Waals surface area (Å²) in [7, 11) is 0. The number of carbonyl (C=O) groups is 1. The lowest BCUT2D eigenvalue weighted by Gasteiger charge is -2.14. The Kier molecular flexibility index (Phi) is 5.21. The highest BCUT2D eigenvalue weighted by Gasteiger charge is 2.13. The van der Waals surface area contributed by atoms with Gasteiger partial charge >= 0.3 is 0 Å². The third-order valence-electron chi connectivity index (χ3n) is 3.61. The highest BCUT2D eigenvalue weighted by Crippen LogP contribution is 2.17. The number of anilines is 3. The van der Waals surface area contributed by atoms with E-state index in [1.165, 1.54) is 0 Å². The van der Waals surface area contributed by atoms with Crippen LogP contribution in [0.4, 0.5) is 17.1 Å². The third-order valence-corrected chi connectivity index (χ3v) is 3.61. The third kappa shape index (κ3) is 4.48. The Labute approximate surface area is 136 Å². The number of hydrogen-bond acceptors (Lipinski definition) is 4. The van der Waals surface area contributed by atoms with Crippen molar-refractivity contribution in [3.63, 3.8) is 0 Å². The molecule has 0 aromatic heterocycles. The molecular weight excluding hydrogens is 288 g/mol. The molecule has 5 nitrogen and oxygen atoms in total. The molecule has 2 aromatic rings. The van der Waals surface area contributed by atoms with E-state index >= 15 is 0 Å². The fourth-order valence-electron chi connectivity index (χ4n) is 2.05. The van der Waals surface area contributed by atoms with Crippen LogP contribution in [0.2, 0.25) is 0 Å². The molecule has 0 heterocycles. The number of rotatable bonds is 5. The van der Waals surface area contributed by atoms with E-state index in [9.17, 15) is 4.79 Å². The van der Waals surface area contributed by atoms with Crippen LogP contribution in [0.3, 0.4) is 0 Å². The summed E-state index contributed by atoms with van der Waals surface area (Å²) < 4.78 is 0. The zero-order valence-electron chi connectivity index (χ0n) is 13.3. The first-order valence-corrected chi connectivity index (χ1v) is 7.40. The molecule has 0 aliphatic rings. The number of nitrogen functional groups attached to an aromatic ring is 1. The predicted molar refractivity (Wildman–Crippen MR) is 93.0 cm³/mol. The van der Waals surface area contributed by atoms with Gasteiger partial charge in [-0.2, -0.15) is 5.26 Å². The number of hydrogen-bond donors (Lipinski definition) is 3. The maximum absolute atomic E-state index is 12.2. The van der Waals surface area contributed by atoms with Crippen LogP contribution in [0.25, 0.3) is 0 Å². The average Bonchev–Trinajstić information content (AvgIpc) is 2.56. The second-order valence-corrected chi connectivity index (χ2v) is 5.53. The molecule has 2 aromatic carbocycles. The maximum atomic E-state index is 12.2. The van der Waals surface area contributed by atoms with Crippen molar-refractivity contribution >= 4 is 23.0 Å². The number of nitrogens with two attached hydrogens (primary N) is 1. The molecule has 0 saturated carbocycles. The number of amides is 1. The minimum Gasteiger partial charge on any atom is -0.399 e. The van der Waals surface area contributed by atoms with Crippen LogP contribution in [-0.2, 0) is 4.79 Å². The Morgan fingerprint density at radius 2 is 1.87 bits per heavy atom. The second kappa shape index (κ2) is 7.32. The molecule has 0 bridgehead atoms. The molecule has 0 spiro atoms. The summed E-state index contributed by atoms with van der Waals surface area (Å²) in [6, 6.07) is 14.6. The quantitative estimate of drug-likeness (QED) is 0.740. The van der Waals surface area contributed by atoms with E-state index in [0.717, 1.165) is 16.9 Å². The van der Waals surface area contributed by atoms with E-state index in [2.05, 4.69) is 16.7 Å². The zero-order chi connectivity index (χ0) is 16.8. The maximum Gasteiger partial charge on any atom is 0.228 e. The van der Waals surface area contributed by atoms with Crippen molar-refractivity contribution in [2.24, 2.45) is 5.92 Å². The van der Waals surface area contributed by atoms with E-state index in [1.807, 2.05) is 32.0 Å². The van der Waals surface area contributed by atoms with Crippen LogP contribution in [-0.4, -0.2) is 12.5 Å². The first-order valence-electron chi connectivity index (χ1n) is 7.40. The topological polar surface area (TPSA) is 90.9 Å². The van der Waals surface area contributed by atoms with Gasteiger partial charge in [-0.05, 0) is 55.0 Å². The molecule has 0 radical (unpaired) electrons. The van der Waals surface area contributed by atoms with Crippen LogP contribution in [0.15, 0.2) is 42.5 Å². The number of nitrogens with one attached hydrogen (secondary N) is 2. The Morgan fingerprint density at radius 3 is 2.48 bits per heavy atom. The van der Waals surface area contributed by atoms with Crippen LogP contribution in [0, 0.1) is 24.2 Å². The van der Waals surface area contributed by atoms with Crippen molar-refractivity contribution in [1.29, 1.82) is 5.26 Å². The lowest BCUT2D eigenvalue weighted by atomic mass is 10.1. The monoisotopic (exact) mass is 308 g/mol. The molecular formula is C18H20N4O. The standard InChI is InChI=1S/C18H20N4O/c1-12-9-16(7-8-17(12)20)22-18(23)13(2)11-21-15-5-3-14(10-19)4-6-15/h3-9,13,21H,11,20H2,1-2H3,(H,22,23)/t13-/m0/s1. The molecule has 118 valence electrons. The summed E-state index contributed by atoms with van der Waals surface area (Å²) >= 11 is 0. The van der Waals surface area contributed by atoms with Gasteiger partial charge < -0.3 is 16.4 Å². The molecule has 0 aliphatic heterocycles. The minimum absolute atomic E-state index is 0.0599. The van der Waals surface area contributed by atoms with Gasteiger partial charge in [-0.15, -0.1) is 0 Å². The van der Waals surface area contributed by atoms with E-state index in [0.29, 0.717) is 17.8 Å². The Balaban J connectivity index is 1.89. The average molecular weight is 308 g/mol. The summed E-state index contributed by atoms with van der Waals surface area (Å²) in [5, 5.41) is 14.8. The van der Waals surface area contributed by atoms with Crippen molar-refractivity contribution in [2.75, 3.05) is 22.9 Å². The van der Waals surface area contributed by atoms with E-state index in [1.54, 1.807) is 24.3 Å². The Bertz CT molecular complexity index is 732. The van der Waals surface area contributed by atoms with Gasteiger partial charge in [0.25, 0.3) is 0 Å². The van der Waals surface area contributed by atoms with Gasteiger partial charge in [-0.1, -0.05) is 6.92 Å². The van der Waals surface area contributed by atoms with Gasteiger partial charge in [0, 0.05) is 23.6 Å². The van der Waals surface area contributed by atoms with Crippen LogP contribution in [0.1, 0.15) is 18.1 Å².